The number of nitrogens with one attached hydrogen (secondary N) is 1. The van der Waals surface area contributed by atoms with Gasteiger partial charge in [-0.05, 0) is 50.5 Å². The maximum Gasteiger partial charge on any atom is 0.272 e. The summed E-state index contributed by atoms with van der Waals surface area (Å²) < 4.78 is 25.6. The molecule has 0 spiro atoms. The third kappa shape index (κ3) is 11.4. The molecule has 244 valence electrons. The number of aliphatic hydroxyl groups is 2. The van der Waals surface area contributed by atoms with Crippen LogP contribution in [0, 0.1) is 42.2 Å². The fraction of sp³-hybridized carbons (Fsp3) is 0.323. The van der Waals surface area contributed by atoms with Gasteiger partial charge in [0.2, 0.25) is 0 Å². The molecule has 0 bridgehead atoms. The topological polar surface area (TPSA) is 169 Å². The first-order valence-corrected chi connectivity index (χ1v) is 14.7. The Hall–Kier alpha value is -4.65. The number of nitro groups is 1. The molecule has 2 aromatic heterocycles. The molecule has 15 heteroatoms. The zero-order chi connectivity index (χ0) is 34.7. The number of halogens is 3. The monoisotopic (exact) mass is 702 g/mol. The lowest BCUT2D eigenvalue weighted by molar-refractivity contribution is -0.385. The van der Waals surface area contributed by atoms with Crippen molar-refractivity contribution >= 4 is 38.9 Å². The van der Waals surface area contributed by atoms with E-state index in [-0.39, 0.29) is 42.0 Å². The smallest absolute Gasteiger partial charge is 0.272 e. The number of nitro benzene ring substituents is 1. The Morgan fingerprint density at radius 1 is 1.02 bits per heavy atom. The number of aromatic nitrogens is 4. The van der Waals surface area contributed by atoms with Gasteiger partial charge in [-0.3, -0.25) is 29.5 Å². The molecule has 0 unspecified atom stereocenters. The molecule has 0 fully saturated rings. The Morgan fingerprint density at radius 2 is 1.61 bits per heavy atom. The van der Waals surface area contributed by atoms with Crippen molar-refractivity contribution in [3.63, 3.8) is 0 Å². The third-order valence-electron chi connectivity index (χ3n) is 6.57. The highest BCUT2D eigenvalue weighted by molar-refractivity contribution is 9.09. The first-order valence-electron chi connectivity index (χ1n) is 13.6. The zero-order valence-electron chi connectivity index (χ0n) is 25.5. The fourth-order valence-electron chi connectivity index (χ4n) is 3.88. The summed E-state index contributed by atoms with van der Waals surface area (Å²) in [5.41, 5.74) is 0.165. The number of hydrogen-bond acceptors (Lipinski definition) is 8. The quantitative estimate of drug-likeness (QED) is 0.0882. The molecule has 4 aromatic rings. The first-order chi connectivity index (χ1) is 21.5. The maximum atomic E-state index is 12.9. The second-order valence-electron chi connectivity index (χ2n) is 10.8. The number of ketones is 2. The van der Waals surface area contributed by atoms with Crippen LogP contribution in [0.2, 0.25) is 0 Å². The summed E-state index contributed by atoms with van der Waals surface area (Å²) in [4.78, 5) is 37.7. The zero-order valence-corrected chi connectivity index (χ0v) is 27.1. The van der Waals surface area contributed by atoms with Gasteiger partial charge in [0.25, 0.3) is 5.69 Å². The van der Waals surface area contributed by atoms with Gasteiger partial charge in [0, 0.05) is 29.8 Å². The molecule has 0 saturated heterocycles. The van der Waals surface area contributed by atoms with E-state index in [1.807, 2.05) is 13.0 Å². The number of benzene rings is 2. The van der Waals surface area contributed by atoms with Crippen LogP contribution in [0.25, 0.3) is 4.85 Å². The van der Waals surface area contributed by atoms with E-state index in [2.05, 4.69) is 36.1 Å². The Bertz CT molecular complexity index is 1700. The van der Waals surface area contributed by atoms with Crippen LogP contribution in [0.5, 0.6) is 0 Å². The standard InChI is InChI=1S/C15H16FN3O4.C13H14BrNO2.C3H3FN2/c1-10-5-11(3-4-13(10)19(22)23)6-14(20)15(2,21)9-18-8-12(16)7-17-18;1-9-6-10(4-5-11(9)15-3)7-12(16)13(2,17)8-14;4-3-1-5-6-2-3/h3-5,7-8,21H,6,9H2,1-2H3;4-6,17H,7-8H2,1-2H3;1-2H,(H,5,6)/t15-;13-;/m00./s1. The van der Waals surface area contributed by atoms with E-state index in [1.165, 1.54) is 32.2 Å². The molecular formula is C31H33BrF2N6O6. The lowest BCUT2D eigenvalue weighted by atomic mass is 9.94. The van der Waals surface area contributed by atoms with Crippen molar-refractivity contribution in [1.82, 2.24) is 20.0 Å². The highest BCUT2D eigenvalue weighted by atomic mass is 79.9. The van der Waals surface area contributed by atoms with Crippen LogP contribution in [0.15, 0.2) is 61.2 Å². The van der Waals surface area contributed by atoms with Crippen LogP contribution in [-0.2, 0) is 29.0 Å². The molecule has 0 aliphatic rings. The number of aryl methyl sites for hydroxylation is 2. The summed E-state index contributed by atoms with van der Waals surface area (Å²) in [6.45, 7) is 13.0. The number of nitrogens with zero attached hydrogens (tertiary/aromatic N) is 5. The Morgan fingerprint density at radius 3 is 2.02 bits per heavy atom. The summed E-state index contributed by atoms with van der Waals surface area (Å²) in [7, 11) is 0. The number of H-pyrrole nitrogens is 1. The summed E-state index contributed by atoms with van der Waals surface area (Å²) >= 11 is 3.11. The molecule has 0 amide bonds. The van der Waals surface area contributed by atoms with Gasteiger partial charge < -0.3 is 10.2 Å². The van der Waals surface area contributed by atoms with Gasteiger partial charge in [0.15, 0.2) is 28.9 Å². The normalized spacial score (nSPS) is 13.0. The van der Waals surface area contributed by atoms with Crippen LogP contribution in [-0.4, -0.2) is 63.2 Å². The molecule has 2 heterocycles. The number of hydrogen-bond donors (Lipinski definition) is 3. The molecule has 2 atom stereocenters. The molecule has 0 saturated carbocycles. The van der Waals surface area contributed by atoms with Gasteiger partial charge >= 0.3 is 0 Å². The largest absolute Gasteiger partial charge is 0.381 e. The van der Waals surface area contributed by atoms with Crippen molar-refractivity contribution in [1.29, 1.82) is 0 Å². The predicted octanol–water partition coefficient (Wildman–Crippen LogP) is 5.15. The van der Waals surface area contributed by atoms with E-state index in [0.717, 1.165) is 34.4 Å². The van der Waals surface area contributed by atoms with Crippen molar-refractivity contribution in [2.24, 2.45) is 0 Å². The van der Waals surface area contributed by atoms with Crippen molar-refractivity contribution < 1.29 is 33.5 Å². The Kier molecular flexibility index (Phi) is 13.5. The van der Waals surface area contributed by atoms with Crippen molar-refractivity contribution in [2.45, 2.75) is 58.3 Å². The van der Waals surface area contributed by atoms with E-state index in [1.54, 1.807) is 25.1 Å². The van der Waals surface area contributed by atoms with Crippen LogP contribution < -0.4 is 0 Å². The second-order valence-corrected chi connectivity index (χ2v) is 11.3. The molecular weight excluding hydrogens is 670 g/mol. The van der Waals surface area contributed by atoms with Crippen LogP contribution in [0.1, 0.15) is 36.1 Å². The molecule has 0 radical (unpaired) electrons. The van der Waals surface area contributed by atoms with Crippen molar-refractivity contribution in [2.75, 3.05) is 5.33 Å². The molecule has 0 aliphatic carbocycles. The molecule has 12 nitrogen and oxygen atoms in total. The summed E-state index contributed by atoms with van der Waals surface area (Å²) in [6, 6.07) is 9.62. The molecule has 46 heavy (non-hydrogen) atoms. The van der Waals surface area contributed by atoms with E-state index < -0.39 is 27.7 Å². The highest BCUT2D eigenvalue weighted by Crippen LogP contribution is 2.22. The van der Waals surface area contributed by atoms with E-state index in [0.29, 0.717) is 16.8 Å². The van der Waals surface area contributed by atoms with E-state index >= 15 is 0 Å². The number of aromatic amines is 1. The van der Waals surface area contributed by atoms with E-state index in [9.17, 15) is 38.7 Å². The SMILES string of the molecule is Cc1cc(CC(=O)[C@@](C)(O)Cn2cc(F)cn2)ccc1[N+](=O)[O-].Fc1cn[nH]c1.[C-]#[N+]c1ccc(CC(=O)[C@@](C)(O)CBr)cc1C. The van der Waals surface area contributed by atoms with Gasteiger partial charge in [0.1, 0.15) is 11.2 Å². The van der Waals surface area contributed by atoms with Gasteiger partial charge in [-0.1, -0.05) is 40.2 Å². The third-order valence-corrected chi connectivity index (χ3v) is 7.66. The fourth-order valence-corrected chi connectivity index (χ4v) is 4.19. The Balaban J connectivity index is 0.000000279. The lowest BCUT2D eigenvalue weighted by Crippen LogP contribution is -2.40. The average Bonchev–Trinajstić information content (AvgIpc) is 3.63. The summed E-state index contributed by atoms with van der Waals surface area (Å²) in [6.07, 6.45) is 4.45. The van der Waals surface area contributed by atoms with Gasteiger partial charge in [-0.2, -0.15) is 10.2 Å². The van der Waals surface area contributed by atoms with Crippen LogP contribution in [0.4, 0.5) is 20.2 Å². The second kappa shape index (κ2) is 16.6. The molecule has 4 rings (SSSR count). The van der Waals surface area contributed by atoms with Crippen LogP contribution in [0.3, 0.4) is 0 Å². The minimum absolute atomic E-state index is 0.0278. The number of carbonyl (C=O) groups is 2. The first kappa shape index (κ1) is 37.5. The maximum absolute atomic E-state index is 12.9. The number of Topliss-reactive ketones (excluding diaryl/α,β-unsaturated/α-hetero) is 2. The van der Waals surface area contributed by atoms with Crippen molar-refractivity contribution in [3.05, 3.63) is 117 Å². The highest BCUT2D eigenvalue weighted by Gasteiger charge is 2.31. The minimum Gasteiger partial charge on any atom is -0.381 e. The average molecular weight is 704 g/mol. The van der Waals surface area contributed by atoms with Crippen molar-refractivity contribution in [3.8, 4) is 0 Å². The van der Waals surface area contributed by atoms with Gasteiger partial charge in [-0.15, -0.1) is 0 Å². The number of rotatable bonds is 10. The minimum atomic E-state index is -1.73. The van der Waals surface area contributed by atoms with Gasteiger partial charge in [-0.25, -0.2) is 13.6 Å². The predicted molar refractivity (Wildman–Crippen MR) is 168 cm³/mol. The molecule has 0 aliphatic heterocycles. The van der Waals surface area contributed by atoms with E-state index in [4.69, 9.17) is 6.57 Å². The number of alkyl halides is 1. The van der Waals surface area contributed by atoms with Gasteiger partial charge in [0.05, 0.1) is 42.8 Å². The lowest BCUT2D eigenvalue weighted by Gasteiger charge is -2.21. The summed E-state index contributed by atoms with van der Waals surface area (Å²) in [5.74, 6) is -1.60. The van der Waals surface area contributed by atoms with Crippen LogP contribution >= 0.6 is 15.9 Å². The Labute approximate surface area is 272 Å². The molecule has 3 N–H and O–H groups in total. The summed E-state index contributed by atoms with van der Waals surface area (Å²) in [5, 5.41) is 40.4. The number of carbonyl (C=O) groups excluding carboxylic acids is 2. The molecule has 2 aromatic carbocycles.